The predicted octanol–water partition coefficient (Wildman–Crippen LogP) is 3.94. The first-order valence-corrected chi connectivity index (χ1v) is 9.27. The lowest BCUT2D eigenvalue weighted by Gasteiger charge is -2.15. The number of carbonyl (C=O) groups is 1. The zero-order valence-corrected chi connectivity index (χ0v) is 17.2. The molecule has 1 aromatic heterocycles. The third-order valence-electron chi connectivity index (χ3n) is 4.06. The van der Waals surface area contributed by atoms with E-state index in [9.17, 15) is 4.79 Å². The van der Waals surface area contributed by atoms with Crippen molar-refractivity contribution >= 4 is 39.3 Å². The molecule has 5 N–H and O–H groups in total. The highest BCUT2D eigenvalue weighted by molar-refractivity contribution is 9.10. The molecule has 3 aromatic rings. The molecule has 0 unspecified atom stereocenters. The number of halogens is 1. The fourth-order valence-electron chi connectivity index (χ4n) is 2.67. The van der Waals surface area contributed by atoms with Crippen LogP contribution in [-0.2, 0) is 0 Å². The highest BCUT2D eigenvalue weighted by Crippen LogP contribution is 2.36. The smallest absolute Gasteiger partial charge is 0.248 e. The highest BCUT2D eigenvalue weighted by atomic mass is 79.9. The van der Waals surface area contributed by atoms with Gasteiger partial charge in [0, 0.05) is 11.3 Å². The Labute approximate surface area is 175 Å². The van der Waals surface area contributed by atoms with Crippen LogP contribution in [0.5, 0.6) is 11.6 Å². The number of nitrogens with one attached hydrogen (secondary N) is 1. The van der Waals surface area contributed by atoms with Gasteiger partial charge >= 0.3 is 0 Å². The van der Waals surface area contributed by atoms with Gasteiger partial charge in [-0.3, -0.25) is 4.79 Å². The molecule has 8 nitrogen and oxygen atoms in total. The summed E-state index contributed by atoms with van der Waals surface area (Å²) in [5.41, 5.74) is 14.4. The minimum atomic E-state index is -0.510. The first-order chi connectivity index (χ1) is 13.8. The molecule has 0 saturated heterocycles. The fourth-order valence-corrected chi connectivity index (χ4v) is 2.93. The summed E-state index contributed by atoms with van der Waals surface area (Å²) in [6.45, 7) is 3.62. The Bertz CT molecular complexity index is 1120. The molecule has 0 saturated carbocycles. The Kier molecular flexibility index (Phi) is 5.66. The first-order valence-electron chi connectivity index (χ1n) is 8.47. The van der Waals surface area contributed by atoms with Crippen molar-refractivity contribution in [1.29, 1.82) is 5.26 Å². The van der Waals surface area contributed by atoms with Gasteiger partial charge in [0.25, 0.3) is 0 Å². The van der Waals surface area contributed by atoms with Crippen molar-refractivity contribution < 1.29 is 9.53 Å². The average Bonchev–Trinajstić information content (AvgIpc) is 2.68. The number of nitrogens with two attached hydrogens (primary N) is 2. The Morgan fingerprint density at radius 2 is 1.79 bits per heavy atom. The molecule has 0 atom stereocenters. The number of primary amides is 1. The second-order valence-corrected chi connectivity index (χ2v) is 7.06. The van der Waals surface area contributed by atoms with Crippen molar-refractivity contribution in [1.82, 2.24) is 9.97 Å². The second-order valence-electron chi connectivity index (χ2n) is 6.27. The van der Waals surface area contributed by atoms with Gasteiger partial charge in [0.1, 0.15) is 16.0 Å². The molecule has 0 aliphatic carbocycles. The largest absolute Gasteiger partial charge is 0.437 e. The molecule has 0 aliphatic heterocycles. The van der Waals surface area contributed by atoms with E-state index in [0.717, 1.165) is 11.1 Å². The molecule has 0 radical (unpaired) electrons. The first kappa shape index (κ1) is 20.1. The topological polar surface area (TPSA) is 140 Å². The van der Waals surface area contributed by atoms with Gasteiger partial charge in [-0.1, -0.05) is 0 Å². The van der Waals surface area contributed by atoms with Crippen LogP contribution in [-0.4, -0.2) is 15.9 Å². The van der Waals surface area contributed by atoms with Crippen LogP contribution in [0.2, 0.25) is 0 Å². The number of hydrogen-bond donors (Lipinski definition) is 3. The van der Waals surface area contributed by atoms with Gasteiger partial charge in [0.05, 0.1) is 11.6 Å². The molecule has 0 aliphatic rings. The number of hydrogen-bond acceptors (Lipinski definition) is 7. The number of nitrogens with zero attached hydrogens (tertiary/aromatic N) is 3. The standard InChI is InChI=1S/C20H17BrN6O2/c1-10-7-13(18(24)28)8-11(2)16(10)29-19-15(21)17(23)26-20(27-19)25-14-5-3-12(9-22)4-6-14/h3-8H,1-2H3,(H2,24,28)(H3,23,25,26,27). The monoisotopic (exact) mass is 452 g/mol. The molecule has 0 spiro atoms. The van der Waals surface area contributed by atoms with E-state index in [0.29, 0.717) is 27.0 Å². The summed E-state index contributed by atoms with van der Waals surface area (Å²) in [5, 5.41) is 11.9. The number of benzene rings is 2. The molecule has 3 rings (SSSR count). The molecule has 146 valence electrons. The van der Waals surface area contributed by atoms with E-state index in [4.69, 9.17) is 21.5 Å². The van der Waals surface area contributed by atoms with Crippen molar-refractivity contribution in [2.45, 2.75) is 13.8 Å². The molecule has 0 fully saturated rings. The van der Waals surface area contributed by atoms with Crippen LogP contribution < -0.4 is 21.5 Å². The zero-order chi connectivity index (χ0) is 21.1. The van der Waals surface area contributed by atoms with Crippen LogP contribution in [0.1, 0.15) is 27.0 Å². The molecule has 0 bridgehead atoms. The third kappa shape index (κ3) is 4.44. The number of ether oxygens (including phenoxy) is 1. The predicted molar refractivity (Wildman–Crippen MR) is 113 cm³/mol. The van der Waals surface area contributed by atoms with Crippen LogP contribution in [0.4, 0.5) is 17.5 Å². The van der Waals surface area contributed by atoms with Crippen LogP contribution in [0, 0.1) is 25.2 Å². The van der Waals surface area contributed by atoms with Gasteiger partial charge < -0.3 is 21.5 Å². The number of amides is 1. The van der Waals surface area contributed by atoms with Gasteiger partial charge in [0.2, 0.25) is 17.7 Å². The van der Waals surface area contributed by atoms with Crippen molar-refractivity contribution in [2.75, 3.05) is 11.1 Å². The summed E-state index contributed by atoms with van der Waals surface area (Å²) < 4.78 is 6.39. The van der Waals surface area contributed by atoms with Gasteiger partial charge in [0.15, 0.2) is 0 Å². The molecule has 2 aromatic carbocycles. The molecule has 1 heterocycles. The summed E-state index contributed by atoms with van der Waals surface area (Å²) >= 11 is 3.35. The number of aryl methyl sites for hydroxylation is 2. The van der Waals surface area contributed by atoms with Crippen molar-refractivity contribution in [2.24, 2.45) is 5.73 Å². The van der Waals surface area contributed by atoms with Gasteiger partial charge in [-0.25, -0.2) is 0 Å². The Balaban J connectivity index is 1.94. The molecule has 1 amide bonds. The molecular formula is C20H17BrN6O2. The SMILES string of the molecule is Cc1cc(C(N)=O)cc(C)c1Oc1nc(Nc2ccc(C#N)cc2)nc(N)c1Br. The summed E-state index contributed by atoms with van der Waals surface area (Å²) in [6, 6.07) is 12.2. The Hall–Kier alpha value is -3.64. The van der Waals surface area contributed by atoms with Crippen molar-refractivity contribution in [3.05, 3.63) is 63.1 Å². The van der Waals surface area contributed by atoms with E-state index in [1.54, 1.807) is 36.4 Å². The Morgan fingerprint density at radius 3 is 2.34 bits per heavy atom. The minimum Gasteiger partial charge on any atom is -0.437 e. The van der Waals surface area contributed by atoms with Gasteiger partial charge in [-0.15, -0.1) is 0 Å². The maximum Gasteiger partial charge on any atom is 0.248 e. The molecule has 9 heteroatoms. The van der Waals surface area contributed by atoms with Crippen molar-refractivity contribution in [3.63, 3.8) is 0 Å². The van der Waals surface area contributed by atoms with Crippen LogP contribution in [0.25, 0.3) is 0 Å². The number of anilines is 3. The van der Waals surface area contributed by atoms with E-state index in [1.807, 2.05) is 13.8 Å². The van der Waals surface area contributed by atoms with Crippen LogP contribution in [0.3, 0.4) is 0 Å². The van der Waals surface area contributed by atoms with Crippen LogP contribution in [0.15, 0.2) is 40.9 Å². The number of nitriles is 1. The zero-order valence-electron chi connectivity index (χ0n) is 15.7. The average molecular weight is 453 g/mol. The normalized spacial score (nSPS) is 10.3. The summed E-state index contributed by atoms with van der Waals surface area (Å²) in [6.07, 6.45) is 0. The van der Waals surface area contributed by atoms with E-state index in [-0.39, 0.29) is 17.6 Å². The number of rotatable bonds is 5. The third-order valence-corrected chi connectivity index (χ3v) is 4.81. The van der Waals surface area contributed by atoms with Gasteiger partial charge in [-0.05, 0) is 77.3 Å². The summed E-state index contributed by atoms with van der Waals surface area (Å²) in [5.74, 6) is 0.665. The summed E-state index contributed by atoms with van der Waals surface area (Å²) in [7, 11) is 0. The lowest BCUT2D eigenvalue weighted by atomic mass is 10.1. The fraction of sp³-hybridized carbons (Fsp3) is 0.100. The van der Waals surface area contributed by atoms with E-state index in [2.05, 4.69) is 37.3 Å². The minimum absolute atomic E-state index is 0.190. The maximum atomic E-state index is 11.4. The van der Waals surface area contributed by atoms with E-state index in [1.165, 1.54) is 0 Å². The highest BCUT2D eigenvalue weighted by Gasteiger charge is 2.16. The quantitative estimate of drug-likeness (QED) is 0.532. The number of nitrogen functional groups attached to an aromatic ring is 1. The van der Waals surface area contributed by atoms with Crippen molar-refractivity contribution in [3.8, 4) is 17.7 Å². The summed E-state index contributed by atoms with van der Waals surface area (Å²) in [4.78, 5) is 20.0. The maximum absolute atomic E-state index is 11.4. The lowest BCUT2D eigenvalue weighted by Crippen LogP contribution is -2.11. The molecular weight excluding hydrogens is 436 g/mol. The number of carbonyl (C=O) groups excluding carboxylic acids is 1. The van der Waals surface area contributed by atoms with E-state index >= 15 is 0 Å². The number of aromatic nitrogens is 2. The van der Waals surface area contributed by atoms with E-state index < -0.39 is 5.91 Å². The van der Waals surface area contributed by atoms with Crippen LogP contribution >= 0.6 is 15.9 Å². The van der Waals surface area contributed by atoms with Gasteiger partial charge in [-0.2, -0.15) is 15.2 Å². The Morgan fingerprint density at radius 1 is 1.17 bits per heavy atom. The molecule has 29 heavy (non-hydrogen) atoms. The second kappa shape index (κ2) is 8.16. The lowest BCUT2D eigenvalue weighted by molar-refractivity contribution is 0.1000.